The van der Waals surface area contributed by atoms with Gasteiger partial charge in [-0.05, 0) is 20.8 Å². The summed E-state index contributed by atoms with van der Waals surface area (Å²) in [5.74, 6) is 0.724. The van der Waals surface area contributed by atoms with Crippen LogP contribution < -0.4 is 0 Å². The number of hydrogen-bond acceptors (Lipinski definition) is 7. The minimum absolute atomic E-state index is 0.00500. The molecule has 16 heavy (non-hydrogen) atoms. The Hall–Kier alpha value is -0.910. The summed E-state index contributed by atoms with van der Waals surface area (Å²) >= 11 is 0. The highest BCUT2D eigenvalue weighted by atomic mass is 31.2. The predicted molar refractivity (Wildman–Crippen MR) is 56.9 cm³/mol. The first-order valence-corrected chi connectivity index (χ1v) is 6.73. The first-order chi connectivity index (χ1) is 7.59. The largest absolute Gasteiger partial charge is 0.338 e. The van der Waals surface area contributed by atoms with Crippen molar-refractivity contribution in [2.45, 2.75) is 26.9 Å². The highest BCUT2D eigenvalue weighted by Gasteiger charge is 2.26. The monoisotopic (exact) mass is 246 g/mol. The van der Waals surface area contributed by atoms with E-state index >= 15 is 0 Å². The fourth-order valence-corrected chi connectivity index (χ4v) is 2.58. The molecule has 0 aliphatic carbocycles. The van der Waals surface area contributed by atoms with Gasteiger partial charge in [0.15, 0.2) is 11.6 Å². The van der Waals surface area contributed by atoms with Crippen LogP contribution in [0.1, 0.15) is 25.5 Å². The third-order valence-electron chi connectivity index (χ3n) is 1.61. The second-order valence-electron chi connectivity index (χ2n) is 2.97. The molecule has 1 rings (SSSR count). The highest BCUT2D eigenvalue weighted by Crippen LogP contribution is 2.50. The van der Waals surface area contributed by atoms with E-state index in [-0.39, 0.29) is 12.0 Å². The van der Waals surface area contributed by atoms with Crippen molar-refractivity contribution in [3.8, 4) is 0 Å². The van der Waals surface area contributed by atoms with Gasteiger partial charge in [0, 0.05) is 0 Å². The maximum atomic E-state index is 12.1. The van der Waals surface area contributed by atoms with Crippen LogP contribution in [0.3, 0.4) is 0 Å². The van der Waals surface area contributed by atoms with Crippen molar-refractivity contribution < 1.29 is 13.6 Å². The van der Waals surface area contributed by atoms with E-state index in [2.05, 4.69) is 20.4 Å². The standard InChI is InChI=1S/C8H15N4O3P/c1-4-14-16(13,15-5-2)6-8-11-9-7(3)10-12-8/h4-6H2,1-3H3. The summed E-state index contributed by atoms with van der Waals surface area (Å²) in [6.07, 6.45) is -0.00500. The zero-order chi connectivity index (χ0) is 12.0. The summed E-state index contributed by atoms with van der Waals surface area (Å²) in [4.78, 5) is 0. The molecular weight excluding hydrogens is 231 g/mol. The highest BCUT2D eigenvalue weighted by molar-refractivity contribution is 7.52. The number of hydrogen-bond donors (Lipinski definition) is 0. The molecule has 0 aliphatic heterocycles. The molecule has 0 aromatic carbocycles. The molecule has 0 N–H and O–H groups in total. The lowest BCUT2D eigenvalue weighted by Crippen LogP contribution is -2.06. The van der Waals surface area contributed by atoms with Gasteiger partial charge in [-0.1, -0.05) is 0 Å². The molecule has 0 unspecified atom stereocenters. The van der Waals surface area contributed by atoms with Crippen molar-refractivity contribution in [2.24, 2.45) is 0 Å². The number of aromatic nitrogens is 4. The third kappa shape index (κ3) is 3.92. The van der Waals surface area contributed by atoms with Crippen molar-refractivity contribution in [3.63, 3.8) is 0 Å². The summed E-state index contributed by atoms with van der Waals surface area (Å²) in [7, 11) is -3.16. The molecule has 0 saturated heterocycles. The summed E-state index contributed by atoms with van der Waals surface area (Å²) in [6.45, 7) is 5.79. The van der Waals surface area contributed by atoms with Crippen molar-refractivity contribution in [2.75, 3.05) is 13.2 Å². The summed E-state index contributed by atoms with van der Waals surface area (Å²) < 4.78 is 22.3. The fraction of sp³-hybridized carbons (Fsp3) is 0.750. The van der Waals surface area contributed by atoms with E-state index in [1.54, 1.807) is 20.8 Å². The number of rotatable bonds is 6. The Kier molecular flexibility index (Phi) is 4.92. The Morgan fingerprint density at radius 3 is 2.00 bits per heavy atom. The van der Waals surface area contributed by atoms with Gasteiger partial charge >= 0.3 is 7.60 Å². The maximum absolute atomic E-state index is 12.1. The summed E-state index contributed by atoms with van der Waals surface area (Å²) in [5, 5.41) is 15.0. The van der Waals surface area contributed by atoms with Crippen LogP contribution >= 0.6 is 7.60 Å². The van der Waals surface area contributed by atoms with E-state index in [1.165, 1.54) is 0 Å². The maximum Gasteiger partial charge on any atom is 0.338 e. The normalized spacial score (nSPS) is 11.7. The van der Waals surface area contributed by atoms with Gasteiger partial charge in [-0.15, -0.1) is 20.4 Å². The van der Waals surface area contributed by atoms with Crippen LogP contribution in [0.2, 0.25) is 0 Å². The fourth-order valence-electron chi connectivity index (χ4n) is 1.06. The van der Waals surface area contributed by atoms with E-state index in [0.717, 1.165) is 0 Å². The van der Waals surface area contributed by atoms with Crippen molar-refractivity contribution in [3.05, 3.63) is 11.6 Å². The van der Waals surface area contributed by atoms with Crippen molar-refractivity contribution in [1.82, 2.24) is 20.4 Å². The van der Waals surface area contributed by atoms with Crippen molar-refractivity contribution in [1.29, 1.82) is 0 Å². The Bertz CT molecular complexity index is 360. The zero-order valence-corrected chi connectivity index (χ0v) is 10.5. The van der Waals surface area contributed by atoms with Gasteiger partial charge < -0.3 is 9.05 Å². The lowest BCUT2D eigenvalue weighted by molar-refractivity contribution is 0.218. The van der Waals surface area contributed by atoms with E-state index in [4.69, 9.17) is 9.05 Å². The molecule has 0 atom stereocenters. The van der Waals surface area contributed by atoms with Gasteiger partial charge in [0.1, 0.15) is 6.16 Å². The molecule has 1 aromatic rings. The molecule has 8 heteroatoms. The van der Waals surface area contributed by atoms with E-state index in [0.29, 0.717) is 19.0 Å². The van der Waals surface area contributed by atoms with E-state index in [9.17, 15) is 4.57 Å². The predicted octanol–water partition coefficient (Wildman–Crippen LogP) is 1.34. The Morgan fingerprint density at radius 2 is 1.56 bits per heavy atom. The molecule has 7 nitrogen and oxygen atoms in total. The topological polar surface area (TPSA) is 87.1 Å². The van der Waals surface area contributed by atoms with Crippen LogP contribution in [0.15, 0.2) is 0 Å². The van der Waals surface area contributed by atoms with Crippen LogP contribution in [0, 0.1) is 6.92 Å². The van der Waals surface area contributed by atoms with Crippen LogP contribution in [-0.4, -0.2) is 33.6 Å². The van der Waals surface area contributed by atoms with Gasteiger partial charge in [-0.25, -0.2) is 0 Å². The Labute approximate surface area is 94.1 Å². The lowest BCUT2D eigenvalue weighted by Gasteiger charge is -2.15. The average Bonchev–Trinajstić information content (AvgIpc) is 2.22. The summed E-state index contributed by atoms with van der Waals surface area (Å²) in [5.41, 5.74) is 0. The second kappa shape index (κ2) is 5.98. The first-order valence-electron chi connectivity index (χ1n) is 5.00. The third-order valence-corrected chi connectivity index (χ3v) is 3.58. The molecule has 90 valence electrons. The number of nitrogens with zero attached hydrogens (tertiary/aromatic N) is 4. The Morgan fingerprint density at radius 1 is 1.06 bits per heavy atom. The molecule has 1 aromatic heterocycles. The Balaban J connectivity index is 2.75. The molecule has 0 aliphatic rings. The minimum Gasteiger partial charge on any atom is -0.309 e. The molecule has 0 spiro atoms. The molecular formula is C8H15N4O3P. The van der Waals surface area contributed by atoms with Crippen molar-refractivity contribution >= 4 is 7.60 Å². The summed E-state index contributed by atoms with van der Waals surface area (Å²) in [6, 6.07) is 0. The molecule has 0 amide bonds. The molecule has 0 radical (unpaired) electrons. The van der Waals surface area contributed by atoms with E-state index in [1.807, 2.05) is 0 Å². The SMILES string of the molecule is CCOP(=O)(Cc1nnc(C)nn1)OCC. The molecule has 0 saturated carbocycles. The average molecular weight is 246 g/mol. The molecule has 0 bridgehead atoms. The van der Waals surface area contributed by atoms with Gasteiger partial charge in [-0.3, -0.25) is 4.57 Å². The van der Waals surface area contributed by atoms with Crippen LogP contribution in [0.5, 0.6) is 0 Å². The molecule has 0 fully saturated rings. The van der Waals surface area contributed by atoms with Gasteiger partial charge in [0.2, 0.25) is 0 Å². The lowest BCUT2D eigenvalue weighted by atomic mass is 10.7. The smallest absolute Gasteiger partial charge is 0.309 e. The van der Waals surface area contributed by atoms with Crippen LogP contribution in [-0.2, 0) is 19.8 Å². The second-order valence-corrected chi connectivity index (χ2v) is 5.02. The first kappa shape index (κ1) is 13.2. The zero-order valence-electron chi connectivity index (χ0n) is 9.58. The van der Waals surface area contributed by atoms with E-state index < -0.39 is 7.60 Å². The van der Waals surface area contributed by atoms with Gasteiger partial charge in [-0.2, -0.15) is 0 Å². The molecule has 1 heterocycles. The van der Waals surface area contributed by atoms with Crippen LogP contribution in [0.4, 0.5) is 0 Å². The van der Waals surface area contributed by atoms with Gasteiger partial charge in [0.05, 0.1) is 13.2 Å². The minimum atomic E-state index is -3.16. The quantitative estimate of drug-likeness (QED) is 0.700. The van der Waals surface area contributed by atoms with Gasteiger partial charge in [0.25, 0.3) is 0 Å². The van der Waals surface area contributed by atoms with Crippen LogP contribution in [0.25, 0.3) is 0 Å². The number of aryl methyl sites for hydroxylation is 1.